The molecule has 0 aromatic carbocycles. The topological polar surface area (TPSA) is 63.2 Å². The highest BCUT2D eigenvalue weighted by molar-refractivity contribution is 5.85. The van der Waals surface area contributed by atoms with Gasteiger partial charge in [-0.3, -0.25) is 9.78 Å². The average molecular weight is 336 g/mol. The largest absolute Gasteiger partial charge is 0.479 e. The van der Waals surface area contributed by atoms with Crippen LogP contribution in [0.1, 0.15) is 19.8 Å². The van der Waals surface area contributed by atoms with Gasteiger partial charge < -0.3 is 15.4 Å². The van der Waals surface area contributed by atoms with Gasteiger partial charge in [0.25, 0.3) is 5.91 Å². The summed E-state index contributed by atoms with van der Waals surface area (Å²) in [6.45, 7) is 4.54. The minimum Gasteiger partial charge on any atom is -0.479 e. The number of carbonyl (C=O) groups excluding carboxylic acids is 1. The number of aromatic nitrogens is 1. The molecule has 0 bridgehead atoms. The second-order valence-electron chi connectivity index (χ2n) is 4.91. The number of hydrogen-bond donors (Lipinski definition) is 2. The van der Waals surface area contributed by atoms with Crippen LogP contribution in [-0.4, -0.2) is 36.6 Å². The predicted octanol–water partition coefficient (Wildman–Crippen LogP) is 1.81. The summed E-state index contributed by atoms with van der Waals surface area (Å²) in [6, 6.07) is 3.58. The molecule has 2 rings (SSSR count). The normalized spacial score (nSPS) is 18.6. The Balaban J connectivity index is 0.00000200. The number of halogens is 2. The second kappa shape index (κ2) is 10.7. The number of piperidine rings is 1. The number of hydrogen-bond acceptors (Lipinski definition) is 4. The first-order chi connectivity index (χ1) is 9.25. The zero-order valence-corrected chi connectivity index (χ0v) is 13.7. The maximum atomic E-state index is 11.9. The molecule has 2 atom stereocenters. The summed E-state index contributed by atoms with van der Waals surface area (Å²) < 4.78 is 5.53. The van der Waals surface area contributed by atoms with Crippen LogP contribution >= 0.6 is 24.8 Å². The molecule has 1 aromatic heterocycles. The summed E-state index contributed by atoms with van der Waals surface area (Å²) in [5, 5.41) is 6.28. The van der Waals surface area contributed by atoms with Crippen molar-refractivity contribution in [2.24, 2.45) is 5.92 Å². The van der Waals surface area contributed by atoms with Crippen LogP contribution in [0.2, 0.25) is 0 Å². The fraction of sp³-hybridized carbons (Fsp3) is 0.571. The van der Waals surface area contributed by atoms with Crippen LogP contribution in [0, 0.1) is 5.92 Å². The summed E-state index contributed by atoms with van der Waals surface area (Å²) in [4.78, 5) is 15.9. The van der Waals surface area contributed by atoms with E-state index in [1.807, 2.05) is 0 Å². The Morgan fingerprint density at radius 2 is 2.38 bits per heavy atom. The van der Waals surface area contributed by atoms with Gasteiger partial charge in [-0.1, -0.05) is 0 Å². The van der Waals surface area contributed by atoms with E-state index in [1.54, 1.807) is 31.5 Å². The first-order valence-corrected chi connectivity index (χ1v) is 6.81. The summed E-state index contributed by atoms with van der Waals surface area (Å²) in [5.41, 5.74) is 0. The van der Waals surface area contributed by atoms with Crippen LogP contribution in [0.5, 0.6) is 5.75 Å². The fourth-order valence-corrected chi connectivity index (χ4v) is 2.16. The molecule has 21 heavy (non-hydrogen) atoms. The van der Waals surface area contributed by atoms with Crippen molar-refractivity contribution in [3.05, 3.63) is 24.5 Å². The van der Waals surface area contributed by atoms with Crippen LogP contribution < -0.4 is 15.4 Å². The van der Waals surface area contributed by atoms with E-state index >= 15 is 0 Å². The Morgan fingerprint density at radius 3 is 3.00 bits per heavy atom. The molecule has 1 aliphatic heterocycles. The molecule has 0 aliphatic carbocycles. The number of nitrogens with zero attached hydrogens (tertiary/aromatic N) is 1. The van der Waals surface area contributed by atoms with Crippen molar-refractivity contribution in [1.29, 1.82) is 0 Å². The second-order valence-corrected chi connectivity index (χ2v) is 4.91. The number of amides is 1. The van der Waals surface area contributed by atoms with E-state index in [0.717, 1.165) is 13.1 Å². The van der Waals surface area contributed by atoms with Crippen molar-refractivity contribution in [2.75, 3.05) is 19.6 Å². The van der Waals surface area contributed by atoms with Gasteiger partial charge in [0, 0.05) is 12.7 Å². The smallest absolute Gasteiger partial charge is 0.260 e. The quantitative estimate of drug-likeness (QED) is 0.861. The van der Waals surface area contributed by atoms with Crippen LogP contribution in [0.15, 0.2) is 24.5 Å². The molecule has 2 heterocycles. The van der Waals surface area contributed by atoms with Crippen LogP contribution in [0.4, 0.5) is 0 Å². The van der Waals surface area contributed by atoms with Crippen molar-refractivity contribution in [1.82, 2.24) is 15.6 Å². The highest BCUT2D eigenvalue weighted by Gasteiger charge is 2.18. The lowest BCUT2D eigenvalue weighted by atomic mass is 10.00. The monoisotopic (exact) mass is 335 g/mol. The predicted molar refractivity (Wildman–Crippen MR) is 87.4 cm³/mol. The molecule has 2 unspecified atom stereocenters. The van der Waals surface area contributed by atoms with Gasteiger partial charge in [0.15, 0.2) is 6.10 Å². The minimum absolute atomic E-state index is 0. The van der Waals surface area contributed by atoms with Gasteiger partial charge in [0.05, 0.1) is 6.20 Å². The van der Waals surface area contributed by atoms with Gasteiger partial charge in [-0.25, -0.2) is 0 Å². The van der Waals surface area contributed by atoms with E-state index in [1.165, 1.54) is 12.8 Å². The highest BCUT2D eigenvalue weighted by atomic mass is 35.5. The van der Waals surface area contributed by atoms with E-state index < -0.39 is 6.10 Å². The summed E-state index contributed by atoms with van der Waals surface area (Å²) in [6.07, 6.45) is 5.14. The van der Waals surface area contributed by atoms with E-state index in [0.29, 0.717) is 18.2 Å². The van der Waals surface area contributed by atoms with Crippen LogP contribution in [0.25, 0.3) is 0 Å². The van der Waals surface area contributed by atoms with Crippen molar-refractivity contribution >= 4 is 30.7 Å². The Morgan fingerprint density at radius 1 is 1.57 bits per heavy atom. The Labute approximate surface area is 138 Å². The molecule has 2 N–H and O–H groups in total. The number of rotatable bonds is 5. The first kappa shape index (κ1) is 20.0. The fourth-order valence-electron chi connectivity index (χ4n) is 2.16. The van der Waals surface area contributed by atoms with Crippen LogP contribution in [0.3, 0.4) is 0 Å². The van der Waals surface area contributed by atoms with Gasteiger partial charge >= 0.3 is 0 Å². The standard InChI is InChI=1S/C14H21N3O2.2ClH/c1-11(19-13-5-3-7-16-10-13)14(18)17-9-12-4-2-6-15-8-12;;/h3,5,7,10-12,15H,2,4,6,8-9H2,1H3,(H,17,18);2*1H. The molecule has 0 spiro atoms. The van der Waals surface area contributed by atoms with E-state index in [-0.39, 0.29) is 30.7 Å². The molecule has 120 valence electrons. The number of carbonyl (C=O) groups is 1. The Hall–Kier alpha value is -1.04. The van der Waals surface area contributed by atoms with Gasteiger partial charge in [-0.2, -0.15) is 0 Å². The lowest BCUT2D eigenvalue weighted by molar-refractivity contribution is -0.127. The molecule has 1 aliphatic rings. The molecule has 1 aromatic rings. The first-order valence-electron chi connectivity index (χ1n) is 6.81. The molecular formula is C14H23Cl2N3O2. The maximum absolute atomic E-state index is 11.9. The SMILES string of the molecule is CC(Oc1cccnc1)C(=O)NCC1CCCNC1.Cl.Cl. The van der Waals surface area contributed by atoms with Gasteiger partial charge in [0.1, 0.15) is 5.75 Å². The average Bonchev–Trinajstić information content (AvgIpc) is 2.47. The molecule has 7 heteroatoms. The molecular weight excluding hydrogens is 313 g/mol. The zero-order valence-electron chi connectivity index (χ0n) is 12.1. The molecule has 0 radical (unpaired) electrons. The van der Waals surface area contributed by atoms with Gasteiger partial charge in [-0.05, 0) is 50.9 Å². The van der Waals surface area contributed by atoms with E-state index in [4.69, 9.17) is 4.74 Å². The van der Waals surface area contributed by atoms with E-state index in [9.17, 15) is 4.79 Å². The lowest BCUT2D eigenvalue weighted by Gasteiger charge is -2.23. The minimum atomic E-state index is -0.499. The number of nitrogens with one attached hydrogen (secondary N) is 2. The van der Waals surface area contributed by atoms with E-state index in [2.05, 4.69) is 15.6 Å². The number of ether oxygens (including phenoxy) is 1. The van der Waals surface area contributed by atoms with Crippen molar-refractivity contribution in [3.63, 3.8) is 0 Å². The summed E-state index contributed by atoms with van der Waals surface area (Å²) in [5.74, 6) is 1.07. The zero-order chi connectivity index (χ0) is 13.5. The highest BCUT2D eigenvalue weighted by Crippen LogP contribution is 2.10. The third kappa shape index (κ3) is 6.98. The molecule has 1 saturated heterocycles. The molecule has 1 fully saturated rings. The van der Waals surface area contributed by atoms with Crippen molar-refractivity contribution in [2.45, 2.75) is 25.9 Å². The third-order valence-corrected chi connectivity index (χ3v) is 3.28. The molecule has 1 amide bonds. The molecule has 0 saturated carbocycles. The molecule has 5 nitrogen and oxygen atoms in total. The van der Waals surface area contributed by atoms with Gasteiger partial charge in [0.2, 0.25) is 0 Å². The van der Waals surface area contributed by atoms with Crippen molar-refractivity contribution in [3.8, 4) is 5.75 Å². The third-order valence-electron chi connectivity index (χ3n) is 3.28. The maximum Gasteiger partial charge on any atom is 0.260 e. The Kier molecular flexibility index (Phi) is 10.1. The Bertz CT molecular complexity index is 400. The van der Waals surface area contributed by atoms with Crippen LogP contribution in [-0.2, 0) is 4.79 Å². The lowest BCUT2D eigenvalue weighted by Crippen LogP contribution is -2.42. The summed E-state index contributed by atoms with van der Waals surface area (Å²) in [7, 11) is 0. The van der Waals surface area contributed by atoms with Crippen molar-refractivity contribution < 1.29 is 9.53 Å². The summed E-state index contributed by atoms with van der Waals surface area (Å²) >= 11 is 0. The number of pyridine rings is 1. The van der Waals surface area contributed by atoms with Gasteiger partial charge in [-0.15, -0.1) is 24.8 Å².